The number of fused-ring (bicyclic) bond motifs is 2. The molecule has 0 atom stereocenters. The summed E-state index contributed by atoms with van der Waals surface area (Å²) in [6.45, 7) is 1.85. The van der Waals surface area contributed by atoms with E-state index in [1.807, 2.05) is 12.1 Å². The van der Waals surface area contributed by atoms with Crippen LogP contribution in [-0.2, 0) is 30.6 Å². The maximum atomic E-state index is 12.4. The lowest BCUT2D eigenvalue weighted by Gasteiger charge is -2.09. The Morgan fingerprint density at radius 2 is 2.05 bits per heavy atom. The van der Waals surface area contributed by atoms with Crippen LogP contribution in [0, 0.1) is 5.92 Å². The summed E-state index contributed by atoms with van der Waals surface area (Å²) in [5, 5.41) is 7.10. The number of carbonyl (C=O) groups excluding carboxylic acids is 1. The van der Waals surface area contributed by atoms with Gasteiger partial charge in [-0.1, -0.05) is 24.3 Å². The Bertz CT molecular complexity index is 646. The number of nitrogens with zero attached hydrogens (tertiary/aromatic N) is 1. The van der Waals surface area contributed by atoms with E-state index in [2.05, 4.69) is 27.8 Å². The van der Waals surface area contributed by atoms with E-state index in [9.17, 15) is 4.79 Å². The minimum absolute atomic E-state index is 0.0430. The van der Waals surface area contributed by atoms with Gasteiger partial charge in [0.25, 0.3) is 0 Å². The number of thiazole rings is 1. The zero-order valence-corrected chi connectivity index (χ0v) is 12.5. The molecule has 0 saturated carbocycles. The predicted octanol–water partition coefficient (Wildman–Crippen LogP) is 2.14. The molecule has 1 aliphatic heterocycles. The summed E-state index contributed by atoms with van der Waals surface area (Å²) in [6, 6.07) is 8.33. The fourth-order valence-corrected chi connectivity index (χ4v) is 4.11. The summed E-state index contributed by atoms with van der Waals surface area (Å²) in [7, 11) is 0. The lowest BCUT2D eigenvalue weighted by Crippen LogP contribution is -2.23. The number of aromatic nitrogens is 1. The molecule has 2 heterocycles. The molecule has 2 aliphatic rings. The zero-order valence-electron chi connectivity index (χ0n) is 11.7. The van der Waals surface area contributed by atoms with Gasteiger partial charge < -0.3 is 10.6 Å². The van der Waals surface area contributed by atoms with Gasteiger partial charge in [0, 0.05) is 30.3 Å². The van der Waals surface area contributed by atoms with Crippen LogP contribution in [0.5, 0.6) is 0 Å². The highest BCUT2D eigenvalue weighted by Gasteiger charge is 2.28. The van der Waals surface area contributed by atoms with Crippen molar-refractivity contribution in [1.82, 2.24) is 10.3 Å². The zero-order chi connectivity index (χ0) is 14.2. The van der Waals surface area contributed by atoms with Crippen LogP contribution in [-0.4, -0.2) is 17.4 Å². The third-order valence-corrected chi connectivity index (χ3v) is 5.27. The van der Waals surface area contributed by atoms with Crippen molar-refractivity contribution in [1.29, 1.82) is 0 Å². The van der Waals surface area contributed by atoms with Gasteiger partial charge in [-0.25, -0.2) is 4.98 Å². The molecule has 0 saturated heterocycles. The summed E-state index contributed by atoms with van der Waals surface area (Å²) in [5.74, 6) is 0.145. The number of nitrogens with one attached hydrogen (secondary N) is 2. The van der Waals surface area contributed by atoms with E-state index in [1.165, 1.54) is 16.0 Å². The van der Waals surface area contributed by atoms with Crippen molar-refractivity contribution in [2.45, 2.75) is 25.8 Å². The van der Waals surface area contributed by atoms with Crippen LogP contribution in [0.25, 0.3) is 0 Å². The second-order valence-corrected chi connectivity index (χ2v) is 6.76. The van der Waals surface area contributed by atoms with Gasteiger partial charge in [-0.2, -0.15) is 0 Å². The highest BCUT2D eigenvalue weighted by molar-refractivity contribution is 7.15. The highest BCUT2D eigenvalue weighted by atomic mass is 32.1. The Kier molecular flexibility index (Phi) is 3.24. The quantitative estimate of drug-likeness (QED) is 0.893. The molecule has 5 heteroatoms. The SMILES string of the molecule is O=C(Nc1nc2c(s1)CNCC2)C1Cc2ccccc2C1. The van der Waals surface area contributed by atoms with E-state index in [0.717, 1.165) is 43.2 Å². The van der Waals surface area contributed by atoms with E-state index in [1.54, 1.807) is 11.3 Å². The van der Waals surface area contributed by atoms with Crippen LogP contribution in [0.3, 0.4) is 0 Å². The second-order valence-electron chi connectivity index (χ2n) is 5.68. The Morgan fingerprint density at radius 1 is 1.29 bits per heavy atom. The Balaban J connectivity index is 1.46. The first-order valence-corrected chi connectivity index (χ1v) is 8.18. The molecule has 0 unspecified atom stereocenters. The van der Waals surface area contributed by atoms with Crippen molar-refractivity contribution in [3.63, 3.8) is 0 Å². The molecule has 4 rings (SSSR count). The van der Waals surface area contributed by atoms with Gasteiger partial charge in [-0.3, -0.25) is 4.79 Å². The number of carbonyl (C=O) groups is 1. The van der Waals surface area contributed by atoms with Crippen molar-refractivity contribution in [2.75, 3.05) is 11.9 Å². The second kappa shape index (κ2) is 5.24. The van der Waals surface area contributed by atoms with E-state index in [-0.39, 0.29) is 11.8 Å². The highest BCUT2D eigenvalue weighted by Crippen LogP contribution is 2.29. The third-order valence-electron chi connectivity index (χ3n) is 4.25. The molecule has 1 aromatic carbocycles. The molecule has 0 spiro atoms. The first-order valence-electron chi connectivity index (χ1n) is 7.36. The number of hydrogen-bond donors (Lipinski definition) is 2. The van der Waals surface area contributed by atoms with Crippen LogP contribution in [0.4, 0.5) is 5.13 Å². The summed E-state index contributed by atoms with van der Waals surface area (Å²) in [6.07, 6.45) is 2.64. The molecular weight excluding hydrogens is 282 g/mol. The van der Waals surface area contributed by atoms with Gasteiger partial charge in [-0.05, 0) is 24.0 Å². The smallest absolute Gasteiger partial charge is 0.229 e. The van der Waals surface area contributed by atoms with E-state index < -0.39 is 0 Å². The largest absolute Gasteiger partial charge is 0.311 e. The summed E-state index contributed by atoms with van der Waals surface area (Å²) in [5.41, 5.74) is 3.75. The molecule has 0 fully saturated rings. The Labute approximate surface area is 127 Å². The van der Waals surface area contributed by atoms with Crippen LogP contribution in [0.2, 0.25) is 0 Å². The van der Waals surface area contributed by atoms with Gasteiger partial charge in [0.05, 0.1) is 5.69 Å². The predicted molar refractivity (Wildman–Crippen MR) is 83.5 cm³/mol. The van der Waals surface area contributed by atoms with Gasteiger partial charge in [0.15, 0.2) is 5.13 Å². The van der Waals surface area contributed by atoms with E-state index in [0.29, 0.717) is 0 Å². The standard InChI is InChI=1S/C16H17N3OS/c20-15(12-7-10-3-1-2-4-11(10)8-12)19-16-18-13-5-6-17-9-14(13)21-16/h1-4,12,17H,5-9H2,(H,18,19,20). The normalized spacial score (nSPS) is 17.3. The number of amides is 1. The average molecular weight is 299 g/mol. The third kappa shape index (κ3) is 2.47. The summed E-state index contributed by atoms with van der Waals surface area (Å²) in [4.78, 5) is 18.2. The van der Waals surface area contributed by atoms with Crippen LogP contribution in [0.15, 0.2) is 24.3 Å². The lowest BCUT2D eigenvalue weighted by molar-refractivity contribution is -0.119. The minimum Gasteiger partial charge on any atom is -0.311 e. The Morgan fingerprint density at radius 3 is 2.76 bits per heavy atom. The summed E-state index contributed by atoms with van der Waals surface area (Å²) >= 11 is 1.60. The molecule has 0 bridgehead atoms. The number of anilines is 1. The fraction of sp³-hybridized carbons (Fsp3) is 0.375. The van der Waals surface area contributed by atoms with Crippen molar-refractivity contribution < 1.29 is 4.79 Å². The van der Waals surface area contributed by atoms with Crippen molar-refractivity contribution >= 4 is 22.4 Å². The fourth-order valence-electron chi connectivity index (χ4n) is 3.13. The first kappa shape index (κ1) is 13.0. The molecule has 1 amide bonds. The number of rotatable bonds is 2. The minimum atomic E-state index is 0.0430. The molecule has 2 aromatic rings. The molecule has 21 heavy (non-hydrogen) atoms. The maximum absolute atomic E-state index is 12.4. The van der Waals surface area contributed by atoms with Crippen molar-refractivity contribution in [3.05, 3.63) is 46.0 Å². The monoisotopic (exact) mass is 299 g/mol. The maximum Gasteiger partial charge on any atom is 0.229 e. The van der Waals surface area contributed by atoms with Crippen LogP contribution in [0.1, 0.15) is 21.7 Å². The van der Waals surface area contributed by atoms with E-state index in [4.69, 9.17) is 0 Å². The average Bonchev–Trinajstić information content (AvgIpc) is 3.10. The van der Waals surface area contributed by atoms with Crippen LogP contribution < -0.4 is 10.6 Å². The van der Waals surface area contributed by atoms with E-state index >= 15 is 0 Å². The van der Waals surface area contributed by atoms with Gasteiger partial charge >= 0.3 is 0 Å². The number of benzene rings is 1. The molecular formula is C16H17N3OS. The van der Waals surface area contributed by atoms with Gasteiger partial charge in [-0.15, -0.1) is 11.3 Å². The molecule has 0 radical (unpaired) electrons. The molecule has 108 valence electrons. The lowest BCUT2D eigenvalue weighted by atomic mass is 10.1. The van der Waals surface area contributed by atoms with Crippen molar-refractivity contribution in [3.8, 4) is 0 Å². The Hall–Kier alpha value is -1.72. The summed E-state index contributed by atoms with van der Waals surface area (Å²) < 4.78 is 0. The molecule has 1 aromatic heterocycles. The van der Waals surface area contributed by atoms with Crippen LogP contribution >= 0.6 is 11.3 Å². The topological polar surface area (TPSA) is 54.0 Å². The first-order chi connectivity index (χ1) is 10.3. The number of hydrogen-bond acceptors (Lipinski definition) is 4. The molecule has 1 aliphatic carbocycles. The molecule has 2 N–H and O–H groups in total. The van der Waals surface area contributed by atoms with Gasteiger partial charge in [0.1, 0.15) is 0 Å². The van der Waals surface area contributed by atoms with Gasteiger partial charge in [0.2, 0.25) is 5.91 Å². The van der Waals surface area contributed by atoms with Crippen molar-refractivity contribution in [2.24, 2.45) is 5.92 Å². The molecule has 4 nitrogen and oxygen atoms in total.